The highest BCUT2D eigenvalue weighted by molar-refractivity contribution is 5.10. The zero-order valence-corrected chi connectivity index (χ0v) is 12.6. The molecule has 7 nitrogen and oxygen atoms in total. The van der Waals surface area contributed by atoms with Gasteiger partial charge in [0, 0.05) is 12.5 Å². The van der Waals surface area contributed by atoms with Crippen LogP contribution in [-0.4, -0.2) is 73.9 Å². The minimum atomic E-state index is -0.755. The molecular weight excluding hydrogens is 276 g/mol. The molecule has 4 aliphatic rings. The molecule has 21 heavy (non-hydrogen) atoms. The third kappa shape index (κ3) is 1.99. The first-order valence-corrected chi connectivity index (χ1v) is 7.78. The number of hydrogen-bond donors (Lipinski definition) is 3. The minimum Gasteiger partial charge on any atom is -0.390 e. The van der Waals surface area contributed by atoms with Gasteiger partial charge in [-0.25, -0.2) is 0 Å². The van der Waals surface area contributed by atoms with E-state index in [1.54, 1.807) is 0 Å². The number of rotatable bonds is 2. The van der Waals surface area contributed by atoms with Crippen LogP contribution < -0.4 is 10.6 Å². The van der Waals surface area contributed by atoms with Crippen molar-refractivity contribution in [1.82, 2.24) is 10.6 Å². The van der Waals surface area contributed by atoms with Crippen LogP contribution in [0.1, 0.15) is 19.8 Å². The van der Waals surface area contributed by atoms with Gasteiger partial charge in [-0.05, 0) is 27.4 Å². The van der Waals surface area contributed by atoms with Crippen LogP contribution >= 0.6 is 0 Å². The number of hydrogen-bond acceptors (Lipinski definition) is 7. The van der Waals surface area contributed by atoms with E-state index in [0.29, 0.717) is 6.42 Å². The molecule has 4 fully saturated rings. The Bertz CT molecular complexity index is 424. The average molecular weight is 300 g/mol. The summed E-state index contributed by atoms with van der Waals surface area (Å²) in [7, 11) is 3.69. The molecule has 1 spiro atoms. The lowest BCUT2D eigenvalue weighted by atomic mass is 9.82. The highest BCUT2D eigenvalue weighted by Crippen LogP contribution is 2.54. The number of nitrogens with one attached hydrogen (secondary N) is 2. The second-order valence-electron chi connectivity index (χ2n) is 6.54. The fourth-order valence-electron chi connectivity index (χ4n) is 4.03. The lowest BCUT2D eigenvalue weighted by Gasteiger charge is -2.50. The summed E-state index contributed by atoms with van der Waals surface area (Å²) < 4.78 is 24.1. The van der Waals surface area contributed by atoms with Crippen molar-refractivity contribution < 1.29 is 24.1 Å². The molecule has 0 aromatic rings. The van der Waals surface area contributed by atoms with E-state index in [-0.39, 0.29) is 36.5 Å². The normalized spacial score (nSPS) is 58.9. The Hall–Kier alpha value is -0.280. The molecule has 3 saturated heterocycles. The van der Waals surface area contributed by atoms with Gasteiger partial charge in [-0.3, -0.25) is 0 Å². The van der Waals surface area contributed by atoms with Gasteiger partial charge in [0.25, 0.3) is 0 Å². The number of ether oxygens (including phenoxy) is 4. The predicted molar refractivity (Wildman–Crippen MR) is 72.6 cm³/mol. The first kappa shape index (κ1) is 14.3. The summed E-state index contributed by atoms with van der Waals surface area (Å²) >= 11 is 0. The molecule has 0 radical (unpaired) electrons. The summed E-state index contributed by atoms with van der Waals surface area (Å²) in [4.78, 5) is 0. The van der Waals surface area contributed by atoms with Crippen LogP contribution in [0.15, 0.2) is 0 Å². The standard InChI is InChI=1S/C14H24N2O5/c1-6-4-9-14(20-9)13(18-6)19-8-5-7(15-2)11(17)10(16-3)12(8)21-14/h6-13,15-17H,4-5H2,1-3H3/t6-,7+,8?,9-,10+,11+,12?,13?,14?/m1/s1. The molecule has 3 heterocycles. The zero-order chi connectivity index (χ0) is 14.8. The van der Waals surface area contributed by atoms with Gasteiger partial charge >= 0.3 is 0 Å². The van der Waals surface area contributed by atoms with Crippen molar-refractivity contribution in [2.75, 3.05) is 14.1 Å². The van der Waals surface area contributed by atoms with Gasteiger partial charge in [0.15, 0.2) is 0 Å². The number of aliphatic hydroxyl groups is 1. The molecule has 0 aromatic carbocycles. The Morgan fingerprint density at radius 2 is 1.90 bits per heavy atom. The molecular formula is C14H24N2O5. The summed E-state index contributed by atoms with van der Waals surface area (Å²) in [6, 6.07) is -0.223. The van der Waals surface area contributed by atoms with Crippen LogP contribution in [0.5, 0.6) is 0 Å². The molecule has 3 N–H and O–H groups in total. The number of fused-ring (bicyclic) bond motifs is 1. The first-order chi connectivity index (χ1) is 10.1. The van der Waals surface area contributed by atoms with Crippen LogP contribution in [0.2, 0.25) is 0 Å². The summed E-state index contributed by atoms with van der Waals surface area (Å²) in [5, 5.41) is 16.8. The van der Waals surface area contributed by atoms with Gasteiger partial charge in [-0.15, -0.1) is 0 Å². The van der Waals surface area contributed by atoms with Crippen LogP contribution in [0, 0.1) is 0 Å². The quantitative estimate of drug-likeness (QED) is 0.561. The Kier molecular flexibility index (Phi) is 3.31. The van der Waals surface area contributed by atoms with Gasteiger partial charge < -0.3 is 34.7 Å². The first-order valence-electron chi connectivity index (χ1n) is 7.78. The molecule has 4 rings (SSSR count). The largest absolute Gasteiger partial charge is 0.390 e. The van der Waals surface area contributed by atoms with Gasteiger partial charge in [-0.1, -0.05) is 0 Å². The molecule has 7 heteroatoms. The topological polar surface area (TPSA) is 84.5 Å². The molecule has 0 bridgehead atoms. The molecule has 9 atom stereocenters. The summed E-state index contributed by atoms with van der Waals surface area (Å²) in [6.45, 7) is 2.03. The van der Waals surface area contributed by atoms with Gasteiger partial charge in [0.1, 0.15) is 12.2 Å². The minimum absolute atomic E-state index is 0.0294. The van der Waals surface area contributed by atoms with Crippen LogP contribution in [0.25, 0.3) is 0 Å². The number of likely N-dealkylation sites (N-methyl/N-ethyl adjacent to an activating group) is 2. The molecule has 1 aliphatic carbocycles. The van der Waals surface area contributed by atoms with Crippen molar-refractivity contribution in [1.29, 1.82) is 0 Å². The second kappa shape index (κ2) is 4.86. The van der Waals surface area contributed by atoms with E-state index in [1.807, 2.05) is 21.0 Å². The van der Waals surface area contributed by atoms with Crippen LogP contribution in [0.4, 0.5) is 0 Å². The van der Waals surface area contributed by atoms with Gasteiger partial charge in [0.2, 0.25) is 12.1 Å². The van der Waals surface area contributed by atoms with E-state index in [2.05, 4.69) is 10.6 Å². The Balaban J connectivity index is 1.58. The predicted octanol–water partition coefficient (Wildman–Crippen LogP) is -1.06. The maximum Gasteiger partial charge on any atom is 0.248 e. The average Bonchev–Trinajstić information content (AvgIpc) is 3.15. The number of epoxide rings is 1. The fourth-order valence-corrected chi connectivity index (χ4v) is 4.03. The summed E-state index contributed by atoms with van der Waals surface area (Å²) in [5.41, 5.74) is 0. The highest BCUT2D eigenvalue weighted by atomic mass is 16.9. The van der Waals surface area contributed by atoms with E-state index in [0.717, 1.165) is 6.42 Å². The third-order valence-corrected chi connectivity index (χ3v) is 5.26. The van der Waals surface area contributed by atoms with E-state index < -0.39 is 18.2 Å². The molecule has 3 aliphatic heterocycles. The van der Waals surface area contributed by atoms with Crippen molar-refractivity contribution in [2.24, 2.45) is 0 Å². The Morgan fingerprint density at radius 3 is 2.62 bits per heavy atom. The van der Waals surface area contributed by atoms with Gasteiger partial charge in [-0.2, -0.15) is 0 Å². The second-order valence-corrected chi connectivity index (χ2v) is 6.54. The third-order valence-electron chi connectivity index (χ3n) is 5.26. The molecule has 120 valence electrons. The molecule has 1 saturated carbocycles. The fraction of sp³-hybridized carbons (Fsp3) is 1.00. The number of aliphatic hydroxyl groups excluding tert-OH is 1. The van der Waals surface area contributed by atoms with Crippen molar-refractivity contribution in [3.8, 4) is 0 Å². The molecule has 0 amide bonds. The van der Waals surface area contributed by atoms with Crippen molar-refractivity contribution in [3.05, 3.63) is 0 Å². The maximum atomic E-state index is 10.5. The lowest BCUT2D eigenvalue weighted by molar-refractivity contribution is -0.363. The monoisotopic (exact) mass is 300 g/mol. The summed E-state index contributed by atoms with van der Waals surface area (Å²) in [6.07, 6.45) is 0.339. The zero-order valence-electron chi connectivity index (χ0n) is 12.6. The SMILES string of the molecule is CN[C@H]1CC2OC3O[C@H](C)C[C@H]4OC34OC2[C@@H](NC)[C@H]1O. The van der Waals surface area contributed by atoms with Crippen LogP contribution in [-0.2, 0) is 18.9 Å². The highest BCUT2D eigenvalue weighted by Gasteiger charge is 2.72. The lowest BCUT2D eigenvalue weighted by Crippen LogP contribution is -2.70. The van der Waals surface area contributed by atoms with Crippen molar-refractivity contribution in [2.45, 2.75) is 74.4 Å². The Labute approximate surface area is 124 Å². The summed E-state index contributed by atoms with van der Waals surface area (Å²) in [5.74, 6) is -0.755. The smallest absolute Gasteiger partial charge is 0.248 e. The van der Waals surface area contributed by atoms with Gasteiger partial charge in [0.05, 0.1) is 24.4 Å². The molecule has 0 aromatic heterocycles. The molecule has 4 unspecified atom stereocenters. The van der Waals surface area contributed by atoms with E-state index >= 15 is 0 Å². The van der Waals surface area contributed by atoms with E-state index in [9.17, 15) is 5.11 Å². The van der Waals surface area contributed by atoms with E-state index in [1.165, 1.54) is 0 Å². The van der Waals surface area contributed by atoms with Crippen molar-refractivity contribution >= 4 is 0 Å². The van der Waals surface area contributed by atoms with E-state index in [4.69, 9.17) is 18.9 Å². The maximum absolute atomic E-state index is 10.5. The van der Waals surface area contributed by atoms with Crippen molar-refractivity contribution in [3.63, 3.8) is 0 Å². The van der Waals surface area contributed by atoms with Crippen LogP contribution in [0.3, 0.4) is 0 Å². The Morgan fingerprint density at radius 1 is 1.10 bits per heavy atom.